The van der Waals surface area contributed by atoms with Crippen molar-refractivity contribution in [1.29, 1.82) is 0 Å². The summed E-state index contributed by atoms with van der Waals surface area (Å²) in [5, 5.41) is 12.8. The fraction of sp³-hybridized carbons (Fsp3) is 0.0556. The van der Waals surface area contributed by atoms with Crippen molar-refractivity contribution < 1.29 is 32.7 Å². The van der Waals surface area contributed by atoms with Crippen molar-refractivity contribution >= 4 is 40.8 Å². The van der Waals surface area contributed by atoms with Crippen LogP contribution in [0.5, 0.6) is 0 Å². The van der Waals surface area contributed by atoms with E-state index in [0.29, 0.717) is 11.0 Å². The number of carbonyl (C=O) groups excluding carboxylic acids is 3. The van der Waals surface area contributed by atoms with Gasteiger partial charge in [0.1, 0.15) is 10.7 Å². The highest BCUT2D eigenvalue weighted by molar-refractivity contribution is 6.53. The predicted octanol–water partition coefficient (Wildman–Crippen LogP) is 2.50. The average molecular weight is 410 g/mol. The Morgan fingerprint density at radius 2 is 1.68 bits per heavy atom. The van der Waals surface area contributed by atoms with Crippen LogP contribution in [-0.4, -0.2) is 17.8 Å². The number of carbonyl (C=O) groups is 3. The maximum absolute atomic E-state index is 12.9. The Hall–Kier alpha value is -3.33. The molecule has 0 radical (unpaired) electrons. The van der Waals surface area contributed by atoms with Gasteiger partial charge in [-0.15, -0.1) is 0 Å². The Bertz CT molecular complexity index is 1020. The second kappa shape index (κ2) is 7.01. The summed E-state index contributed by atoms with van der Waals surface area (Å²) in [6.07, 6.45) is -4.65. The minimum atomic E-state index is -4.65. The smallest absolute Gasteiger partial charge is 0.416 e. The molecule has 3 rings (SSSR count). The second-order valence-electron chi connectivity index (χ2n) is 5.67. The fourth-order valence-corrected chi connectivity index (χ4v) is 2.71. The van der Waals surface area contributed by atoms with Gasteiger partial charge in [0.15, 0.2) is 0 Å². The molecule has 1 aliphatic heterocycles. The van der Waals surface area contributed by atoms with Crippen LogP contribution in [0.1, 0.15) is 15.9 Å². The molecular weight excluding hydrogens is 401 g/mol. The Balaban J connectivity index is 1.89. The fourth-order valence-electron chi connectivity index (χ4n) is 2.50. The summed E-state index contributed by atoms with van der Waals surface area (Å²) in [6.45, 7) is 0. The molecule has 0 spiro atoms. The van der Waals surface area contributed by atoms with E-state index < -0.39 is 34.6 Å². The van der Waals surface area contributed by atoms with Gasteiger partial charge in [0.05, 0.1) is 17.2 Å². The zero-order chi connectivity index (χ0) is 20.6. The first-order chi connectivity index (χ1) is 13.1. The SMILES string of the molecule is O=C([O-])c1ccc(NC2=C(Cl)C(=O)N(c3cccc(C(F)(F)F)c3)C2=O)cc1. The van der Waals surface area contributed by atoms with E-state index in [-0.39, 0.29) is 22.6 Å². The summed E-state index contributed by atoms with van der Waals surface area (Å²) in [7, 11) is 0. The van der Waals surface area contributed by atoms with E-state index in [1.54, 1.807) is 0 Å². The van der Waals surface area contributed by atoms with E-state index in [2.05, 4.69) is 5.32 Å². The van der Waals surface area contributed by atoms with E-state index in [1.165, 1.54) is 30.3 Å². The highest BCUT2D eigenvalue weighted by Gasteiger charge is 2.40. The van der Waals surface area contributed by atoms with Gasteiger partial charge in [-0.2, -0.15) is 13.2 Å². The molecule has 0 unspecified atom stereocenters. The standard InChI is InChI=1S/C18H10ClF3N2O4/c19-13-14(23-11-6-4-9(5-7-11)17(27)28)16(26)24(15(13)25)12-3-1-2-10(8-12)18(20,21)22/h1-8,23H,(H,27,28)/p-1. The highest BCUT2D eigenvalue weighted by atomic mass is 35.5. The Labute approximate surface area is 160 Å². The molecule has 1 heterocycles. The molecule has 0 saturated heterocycles. The molecule has 1 N–H and O–H groups in total. The van der Waals surface area contributed by atoms with Crippen molar-refractivity contribution in [2.24, 2.45) is 0 Å². The van der Waals surface area contributed by atoms with Gasteiger partial charge in [-0.3, -0.25) is 9.59 Å². The molecular formula is C18H9ClF3N2O4-. The lowest BCUT2D eigenvalue weighted by Gasteiger charge is -2.17. The van der Waals surface area contributed by atoms with Crippen LogP contribution in [0.4, 0.5) is 24.5 Å². The van der Waals surface area contributed by atoms with Crippen molar-refractivity contribution in [2.75, 3.05) is 10.2 Å². The molecule has 0 saturated carbocycles. The first-order valence-electron chi connectivity index (χ1n) is 7.64. The maximum Gasteiger partial charge on any atom is 0.416 e. The molecule has 0 aromatic heterocycles. The lowest BCUT2D eigenvalue weighted by Crippen LogP contribution is -2.32. The number of aromatic carboxylic acids is 1. The van der Waals surface area contributed by atoms with Crippen molar-refractivity contribution in [3.8, 4) is 0 Å². The first-order valence-corrected chi connectivity index (χ1v) is 8.01. The van der Waals surface area contributed by atoms with E-state index in [4.69, 9.17) is 11.6 Å². The number of hydrogen-bond acceptors (Lipinski definition) is 5. The van der Waals surface area contributed by atoms with Gasteiger partial charge in [-0.1, -0.05) is 29.8 Å². The van der Waals surface area contributed by atoms with Gasteiger partial charge in [0, 0.05) is 5.69 Å². The molecule has 2 aromatic rings. The van der Waals surface area contributed by atoms with Crippen molar-refractivity contribution in [2.45, 2.75) is 6.18 Å². The predicted molar refractivity (Wildman–Crippen MR) is 91.2 cm³/mol. The number of nitrogens with zero attached hydrogens (tertiary/aromatic N) is 1. The monoisotopic (exact) mass is 409 g/mol. The number of hydrogen-bond donors (Lipinski definition) is 1. The van der Waals surface area contributed by atoms with Gasteiger partial charge in [0.25, 0.3) is 11.8 Å². The zero-order valence-corrected chi connectivity index (χ0v) is 14.5. The molecule has 0 bridgehead atoms. The van der Waals surface area contributed by atoms with Crippen LogP contribution >= 0.6 is 11.6 Å². The summed E-state index contributed by atoms with van der Waals surface area (Å²) in [5.74, 6) is -3.33. The third-order valence-corrected chi connectivity index (χ3v) is 4.20. The van der Waals surface area contributed by atoms with Gasteiger partial charge in [0.2, 0.25) is 0 Å². The minimum Gasteiger partial charge on any atom is -0.545 e. The Morgan fingerprint density at radius 1 is 1.04 bits per heavy atom. The van der Waals surface area contributed by atoms with Crippen LogP contribution in [0.3, 0.4) is 0 Å². The van der Waals surface area contributed by atoms with Crippen LogP contribution in [0.25, 0.3) is 0 Å². The number of benzene rings is 2. The van der Waals surface area contributed by atoms with Crippen LogP contribution < -0.4 is 15.3 Å². The average Bonchev–Trinajstić information content (AvgIpc) is 2.85. The molecule has 28 heavy (non-hydrogen) atoms. The summed E-state index contributed by atoms with van der Waals surface area (Å²) in [6, 6.07) is 8.75. The number of nitrogens with one attached hydrogen (secondary N) is 1. The summed E-state index contributed by atoms with van der Waals surface area (Å²) >= 11 is 5.91. The normalized spacial score (nSPS) is 14.6. The first kappa shape index (κ1) is 19.4. The molecule has 10 heteroatoms. The molecule has 2 amide bonds. The number of halogens is 4. The van der Waals surface area contributed by atoms with Crippen LogP contribution in [0.15, 0.2) is 59.3 Å². The molecule has 144 valence electrons. The number of amides is 2. The van der Waals surface area contributed by atoms with E-state index in [1.807, 2.05) is 0 Å². The largest absolute Gasteiger partial charge is 0.545 e. The number of carboxylic acids is 1. The van der Waals surface area contributed by atoms with Crippen molar-refractivity contribution in [3.63, 3.8) is 0 Å². The molecule has 1 aliphatic rings. The third-order valence-electron chi connectivity index (χ3n) is 3.85. The zero-order valence-electron chi connectivity index (χ0n) is 13.7. The van der Waals surface area contributed by atoms with Gasteiger partial charge >= 0.3 is 6.18 Å². The van der Waals surface area contributed by atoms with Crippen molar-refractivity contribution in [3.05, 3.63) is 70.4 Å². The van der Waals surface area contributed by atoms with E-state index in [9.17, 15) is 32.7 Å². The molecule has 2 aromatic carbocycles. The highest BCUT2D eigenvalue weighted by Crippen LogP contribution is 2.35. The number of alkyl halides is 3. The summed E-state index contributed by atoms with van der Waals surface area (Å²) in [4.78, 5) is 36.2. The number of carboxylic acid groups (broad SMARTS) is 1. The lowest BCUT2D eigenvalue weighted by molar-refractivity contribution is -0.255. The van der Waals surface area contributed by atoms with Gasteiger partial charge < -0.3 is 15.2 Å². The van der Waals surface area contributed by atoms with Crippen LogP contribution in [0, 0.1) is 0 Å². The lowest BCUT2D eigenvalue weighted by atomic mass is 10.2. The topological polar surface area (TPSA) is 89.5 Å². The number of rotatable bonds is 4. The Kier molecular flexibility index (Phi) is 4.86. The molecule has 6 nitrogen and oxygen atoms in total. The summed E-state index contributed by atoms with van der Waals surface area (Å²) < 4.78 is 38.7. The van der Waals surface area contributed by atoms with E-state index in [0.717, 1.165) is 12.1 Å². The van der Waals surface area contributed by atoms with Crippen LogP contribution in [0.2, 0.25) is 0 Å². The summed E-state index contributed by atoms with van der Waals surface area (Å²) in [5.41, 5.74) is -1.52. The maximum atomic E-state index is 12.9. The molecule has 0 fully saturated rings. The minimum absolute atomic E-state index is 0.106. The quantitative estimate of drug-likeness (QED) is 0.784. The van der Waals surface area contributed by atoms with Gasteiger partial charge in [-0.05, 0) is 35.9 Å². The van der Waals surface area contributed by atoms with Crippen LogP contribution in [-0.2, 0) is 15.8 Å². The second-order valence-corrected chi connectivity index (χ2v) is 6.05. The third kappa shape index (κ3) is 3.56. The number of anilines is 2. The van der Waals surface area contributed by atoms with Gasteiger partial charge in [-0.25, -0.2) is 4.90 Å². The molecule has 0 aliphatic carbocycles. The number of imide groups is 1. The Morgan fingerprint density at radius 3 is 2.25 bits per heavy atom. The van der Waals surface area contributed by atoms with Crippen molar-refractivity contribution in [1.82, 2.24) is 0 Å². The van der Waals surface area contributed by atoms with E-state index >= 15 is 0 Å². The molecule has 0 atom stereocenters.